The van der Waals surface area contributed by atoms with Crippen LogP contribution in [0.3, 0.4) is 0 Å². The van der Waals surface area contributed by atoms with Crippen molar-refractivity contribution >= 4 is 0 Å². The first-order valence-corrected chi connectivity index (χ1v) is 5.06. The number of fused-ring (bicyclic) bond motifs is 1. The molecule has 2 unspecified atom stereocenters. The molecule has 2 atom stereocenters. The zero-order valence-corrected chi connectivity index (χ0v) is 8.49. The molecule has 0 nitrogen and oxygen atoms in total. The molecule has 2 bridgehead atoms. The summed E-state index contributed by atoms with van der Waals surface area (Å²) >= 11 is 0. The summed E-state index contributed by atoms with van der Waals surface area (Å²) in [4.78, 5) is 0. The molecule has 1 saturated carbocycles. The molecule has 3 heteroatoms. The smallest absolute Gasteiger partial charge is 0.171 e. The van der Waals surface area contributed by atoms with Crippen LogP contribution in [0.1, 0.15) is 33.1 Å². The highest BCUT2D eigenvalue weighted by Gasteiger charge is 2.52. The van der Waals surface area contributed by atoms with Crippen LogP contribution in [0.15, 0.2) is 11.6 Å². The summed E-state index contributed by atoms with van der Waals surface area (Å²) in [5.74, 6) is 0.798. The number of alkyl halides is 3. The van der Waals surface area contributed by atoms with Gasteiger partial charge >= 0.3 is 6.18 Å². The molecule has 3 rings (SSSR count). The normalized spacial score (nSPS) is 34.8. The molecule has 0 radical (unpaired) electrons. The van der Waals surface area contributed by atoms with Crippen molar-refractivity contribution in [3.63, 3.8) is 0 Å². The van der Waals surface area contributed by atoms with Crippen molar-refractivity contribution in [2.45, 2.75) is 39.3 Å². The Kier molecular flexibility index (Phi) is 1.99. The molecule has 1 fully saturated rings. The Bertz CT molecular complexity index is 273. The molecule has 0 aromatic rings. The maximum Gasteiger partial charge on any atom is 0.392 e. The zero-order valence-electron chi connectivity index (χ0n) is 8.49. The van der Waals surface area contributed by atoms with E-state index in [4.69, 9.17) is 0 Å². The summed E-state index contributed by atoms with van der Waals surface area (Å²) in [6.07, 6.45) is -1.11. The second-order valence-corrected chi connectivity index (χ2v) is 5.11. The third-order valence-electron chi connectivity index (χ3n) is 3.99. The van der Waals surface area contributed by atoms with E-state index in [1.54, 1.807) is 0 Å². The third kappa shape index (κ3) is 1.47. The van der Waals surface area contributed by atoms with Crippen molar-refractivity contribution in [3.8, 4) is 0 Å². The van der Waals surface area contributed by atoms with Gasteiger partial charge in [0.15, 0.2) is 0 Å². The lowest BCUT2D eigenvalue weighted by Gasteiger charge is -2.56. The fraction of sp³-hybridized carbons (Fsp3) is 0.818. The van der Waals surface area contributed by atoms with Gasteiger partial charge in [0.2, 0.25) is 0 Å². The van der Waals surface area contributed by atoms with Crippen LogP contribution in [0.4, 0.5) is 13.2 Å². The second kappa shape index (κ2) is 2.77. The van der Waals surface area contributed by atoms with Gasteiger partial charge < -0.3 is 0 Å². The van der Waals surface area contributed by atoms with Crippen molar-refractivity contribution in [1.29, 1.82) is 0 Å². The average Bonchev–Trinajstić information content (AvgIpc) is 2.00. The zero-order chi connectivity index (χ0) is 10.6. The van der Waals surface area contributed by atoms with Crippen LogP contribution in [0.5, 0.6) is 0 Å². The van der Waals surface area contributed by atoms with Crippen LogP contribution in [0, 0.1) is 17.3 Å². The summed E-state index contributed by atoms with van der Waals surface area (Å²) in [7, 11) is 0. The van der Waals surface area contributed by atoms with Crippen LogP contribution in [-0.2, 0) is 0 Å². The highest BCUT2D eigenvalue weighted by Crippen LogP contribution is 2.60. The van der Waals surface area contributed by atoms with Gasteiger partial charge in [-0.15, -0.1) is 0 Å². The number of hydrogen-bond acceptors (Lipinski definition) is 0. The van der Waals surface area contributed by atoms with Crippen molar-refractivity contribution in [3.05, 3.63) is 11.6 Å². The molecule has 0 spiro atoms. The highest BCUT2D eigenvalue weighted by molar-refractivity contribution is 5.23. The van der Waals surface area contributed by atoms with Crippen molar-refractivity contribution in [2.75, 3.05) is 0 Å². The van der Waals surface area contributed by atoms with E-state index in [9.17, 15) is 13.2 Å². The van der Waals surface area contributed by atoms with E-state index in [1.807, 2.05) is 6.08 Å². The number of rotatable bonds is 1. The van der Waals surface area contributed by atoms with Crippen LogP contribution >= 0.6 is 0 Å². The lowest BCUT2D eigenvalue weighted by molar-refractivity contribution is -0.134. The van der Waals surface area contributed by atoms with Crippen LogP contribution in [0.2, 0.25) is 0 Å². The molecule has 0 heterocycles. The predicted molar refractivity (Wildman–Crippen MR) is 48.8 cm³/mol. The van der Waals surface area contributed by atoms with E-state index in [0.29, 0.717) is 11.5 Å². The molecule has 0 aromatic heterocycles. The fourth-order valence-corrected chi connectivity index (χ4v) is 2.91. The van der Waals surface area contributed by atoms with Crippen molar-refractivity contribution in [2.24, 2.45) is 17.3 Å². The van der Waals surface area contributed by atoms with E-state index < -0.39 is 12.6 Å². The number of allylic oxidation sites excluding steroid dienone is 2. The van der Waals surface area contributed by atoms with E-state index in [1.165, 1.54) is 0 Å². The lowest BCUT2D eigenvalue weighted by Crippen LogP contribution is -2.48. The van der Waals surface area contributed by atoms with Gasteiger partial charge in [-0.25, -0.2) is 0 Å². The summed E-state index contributed by atoms with van der Waals surface area (Å²) < 4.78 is 36.7. The molecule has 3 aliphatic rings. The summed E-state index contributed by atoms with van der Waals surface area (Å²) in [5, 5.41) is 0. The number of hydrogen-bond donors (Lipinski definition) is 0. The van der Waals surface area contributed by atoms with Gasteiger partial charge in [0.1, 0.15) is 0 Å². The number of halogens is 3. The fourth-order valence-electron chi connectivity index (χ4n) is 2.91. The maximum atomic E-state index is 12.2. The summed E-state index contributed by atoms with van der Waals surface area (Å²) in [6.45, 7) is 4.18. The molecule has 80 valence electrons. The standard InChI is InChI=1S/C11H15F3/c1-10(2)8-4-3-7(9(10)5-8)6-11(12,13)14/h3,8-9H,4-6H2,1-2H3. The quantitative estimate of drug-likeness (QED) is 0.568. The Hall–Kier alpha value is -0.470. The topological polar surface area (TPSA) is 0 Å². The second-order valence-electron chi connectivity index (χ2n) is 5.11. The Morgan fingerprint density at radius 1 is 1.43 bits per heavy atom. The minimum Gasteiger partial charge on any atom is -0.171 e. The third-order valence-corrected chi connectivity index (χ3v) is 3.99. The Balaban J connectivity index is 2.11. The monoisotopic (exact) mass is 204 g/mol. The Labute approximate surface area is 82.2 Å². The minimum atomic E-state index is -4.04. The van der Waals surface area contributed by atoms with Gasteiger partial charge in [0, 0.05) is 0 Å². The van der Waals surface area contributed by atoms with Crippen molar-refractivity contribution < 1.29 is 13.2 Å². The molecule has 0 N–H and O–H groups in total. The molecule has 0 aromatic carbocycles. The minimum absolute atomic E-state index is 0.106. The van der Waals surface area contributed by atoms with Crippen LogP contribution in [0.25, 0.3) is 0 Å². The largest absolute Gasteiger partial charge is 0.392 e. The average molecular weight is 204 g/mol. The molecule has 3 aliphatic carbocycles. The van der Waals surface area contributed by atoms with Gasteiger partial charge in [0.25, 0.3) is 0 Å². The first-order chi connectivity index (χ1) is 6.31. The first kappa shape index (κ1) is 10.1. The van der Waals surface area contributed by atoms with Gasteiger partial charge in [-0.1, -0.05) is 25.5 Å². The molecular formula is C11H15F3. The van der Waals surface area contributed by atoms with Crippen molar-refractivity contribution in [1.82, 2.24) is 0 Å². The molecule has 0 amide bonds. The van der Waals surface area contributed by atoms with E-state index in [2.05, 4.69) is 13.8 Å². The van der Waals surface area contributed by atoms with Gasteiger partial charge in [-0.3, -0.25) is 0 Å². The van der Waals surface area contributed by atoms with Gasteiger partial charge in [0.05, 0.1) is 6.42 Å². The molecular weight excluding hydrogens is 189 g/mol. The SMILES string of the molecule is CC1(C)C2CC=C(CC(F)(F)F)C1C2. The van der Waals surface area contributed by atoms with Crippen LogP contribution < -0.4 is 0 Å². The summed E-state index contributed by atoms with van der Waals surface area (Å²) in [5.41, 5.74) is 0.736. The van der Waals surface area contributed by atoms with E-state index in [0.717, 1.165) is 12.8 Å². The molecule has 14 heavy (non-hydrogen) atoms. The maximum absolute atomic E-state index is 12.2. The highest BCUT2D eigenvalue weighted by atomic mass is 19.4. The Morgan fingerprint density at radius 2 is 2.07 bits per heavy atom. The van der Waals surface area contributed by atoms with E-state index >= 15 is 0 Å². The van der Waals surface area contributed by atoms with Gasteiger partial charge in [-0.2, -0.15) is 13.2 Å². The van der Waals surface area contributed by atoms with Gasteiger partial charge in [-0.05, 0) is 30.1 Å². The molecule has 0 saturated heterocycles. The first-order valence-electron chi connectivity index (χ1n) is 5.06. The molecule has 0 aliphatic heterocycles. The summed E-state index contributed by atoms with van der Waals surface area (Å²) in [6, 6.07) is 0. The predicted octanol–water partition coefficient (Wildman–Crippen LogP) is 3.93. The Morgan fingerprint density at radius 3 is 2.50 bits per heavy atom. The van der Waals surface area contributed by atoms with Crippen LogP contribution in [-0.4, -0.2) is 6.18 Å². The van der Waals surface area contributed by atoms with E-state index in [-0.39, 0.29) is 11.3 Å². The lowest BCUT2D eigenvalue weighted by atomic mass is 9.48.